The molecule has 2 heterocycles. The fourth-order valence-electron chi connectivity index (χ4n) is 8.03. The second-order valence-electron chi connectivity index (χ2n) is 13.3. The standard InChI is InChI=1S/C48H29NO2/c1-2-11-34(12-3-1)49(36-21-25-41-42-24-19-31-10-5-7-14-40(31)48(42)51-46(41)29-36)35-22-26-44-43(28-35)47-39(15-8-16-45(47)50-44)33-20-23-38-32(27-33)18-17-30-9-4-6-13-37(30)38/h1-29H. The van der Waals surface area contributed by atoms with Crippen LogP contribution in [-0.2, 0) is 0 Å². The lowest BCUT2D eigenvalue weighted by molar-refractivity contribution is 0.669. The second kappa shape index (κ2) is 10.8. The highest BCUT2D eigenvalue weighted by molar-refractivity contribution is 6.17. The zero-order valence-electron chi connectivity index (χ0n) is 27.5. The normalized spacial score (nSPS) is 11.9. The largest absolute Gasteiger partial charge is 0.456 e. The highest BCUT2D eigenvalue weighted by atomic mass is 16.3. The first-order valence-electron chi connectivity index (χ1n) is 17.3. The lowest BCUT2D eigenvalue weighted by atomic mass is 9.95. The molecule has 0 spiro atoms. The van der Waals surface area contributed by atoms with Crippen molar-refractivity contribution in [1.82, 2.24) is 0 Å². The van der Waals surface area contributed by atoms with E-state index in [2.05, 4.69) is 181 Å². The summed E-state index contributed by atoms with van der Waals surface area (Å²) in [5.41, 5.74) is 8.96. The Morgan fingerprint density at radius 3 is 1.92 bits per heavy atom. The van der Waals surface area contributed by atoms with Crippen LogP contribution in [0.25, 0.3) is 87.3 Å². The van der Waals surface area contributed by atoms with Gasteiger partial charge in [-0.1, -0.05) is 109 Å². The second-order valence-corrected chi connectivity index (χ2v) is 13.3. The molecule has 51 heavy (non-hydrogen) atoms. The van der Waals surface area contributed by atoms with Gasteiger partial charge in [0.05, 0.1) is 0 Å². The van der Waals surface area contributed by atoms with Gasteiger partial charge in [-0.05, 0) is 98.7 Å². The van der Waals surface area contributed by atoms with Crippen molar-refractivity contribution < 1.29 is 8.83 Å². The summed E-state index contributed by atoms with van der Waals surface area (Å²) < 4.78 is 13.1. The van der Waals surface area contributed by atoms with E-state index in [0.717, 1.165) is 71.9 Å². The Hall–Kier alpha value is -6.84. The molecule has 9 aromatic carbocycles. The van der Waals surface area contributed by atoms with Gasteiger partial charge in [0, 0.05) is 50.1 Å². The summed E-state index contributed by atoms with van der Waals surface area (Å²) in [7, 11) is 0. The average Bonchev–Trinajstić information content (AvgIpc) is 3.76. The Bertz CT molecular complexity index is 3150. The van der Waals surface area contributed by atoms with Gasteiger partial charge in [-0.25, -0.2) is 0 Å². The SMILES string of the molecule is c1ccc(N(c2ccc3c(c2)oc2c4ccccc4ccc32)c2ccc3oc4cccc(-c5ccc6c(ccc7ccccc76)c5)c4c3c2)cc1. The Morgan fingerprint density at radius 2 is 1.02 bits per heavy atom. The number of nitrogens with zero attached hydrogens (tertiary/aromatic N) is 1. The van der Waals surface area contributed by atoms with Crippen molar-refractivity contribution in [3.8, 4) is 11.1 Å². The lowest BCUT2D eigenvalue weighted by Gasteiger charge is -2.25. The van der Waals surface area contributed by atoms with Gasteiger partial charge in [0.25, 0.3) is 0 Å². The van der Waals surface area contributed by atoms with Crippen molar-refractivity contribution in [3.63, 3.8) is 0 Å². The number of anilines is 3. The summed E-state index contributed by atoms with van der Waals surface area (Å²) in [6.45, 7) is 0. The summed E-state index contributed by atoms with van der Waals surface area (Å²) in [6, 6.07) is 62.6. The highest BCUT2D eigenvalue weighted by Gasteiger charge is 2.19. The fourth-order valence-corrected chi connectivity index (χ4v) is 8.03. The summed E-state index contributed by atoms with van der Waals surface area (Å²) in [6.07, 6.45) is 0. The smallest absolute Gasteiger partial charge is 0.143 e. The van der Waals surface area contributed by atoms with Gasteiger partial charge in [-0.2, -0.15) is 0 Å². The molecule has 0 atom stereocenters. The summed E-state index contributed by atoms with van der Waals surface area (Å²) in [5, 5.41) is 11.7. The van der Waals surface area contributed by atoms with Gasteiger partial charge in [-0.3, -0.25) is 0 Å². The van der Waals surface area contributed by atoms with Gasteiger partial charge >= 0.3 is 0 Å². The Balaban J connectivity index is 1.10. The molecule has 0 amide bonds. The number of benzene rings is 9. The van der Waals surface area contributed by atoms with E-state index in [-0.39, 0.29) is 0 Å². The van der Waals surface area contributed by atoms with Crippen LogP contribution >= 0.6 is 0 Å². The van der Waals surface area contributed by atoms with E-state index in [1.54, 1.807) is 0 Å². The maximum Gasteiger partial charge on any atom is 0.143 e. The van der Waals surface area contributed by atoms with Gasteiger partial charge < -0.3 is 13.7 Å². The molecular formula is C48H29NO2. The van der Waals surface area contributed by atoms with E-state index in [9.17, 15) is 0 Å². The van der Waals surface area contributed by atoms with Crippen LogP contribution < -0.4 is 4.90 Å². The first-order chi connectivity index (χ1) is 25.3. The molecule has 2 aromatic heterocycles. The molecule has 11 aromatic rings. The Morgan fingerprint density at radius 1 is 0.333 bits per heavy atom. The van der Waals surface area contributed by atoms with E-state index in [1.165, 1.54) is 32.5 Å². The van der Waals surface area contributed by atoms with Crippen LogP contribution in [0, 0.1) is 0 Å². The molecule has 238 valence electrons. The third-order valence-corrected chi connectivity index (χ3v) is 10.4. The van der Waals surface area contributed by atoms with Crippen LogP contribution in [0.3, 0.4) is 0 Å². The zero-order chi connectivity index (χ0) is 33.5. The molecule has 3 nitrogen and oxygen atoms in total. The third-order valence-electron chi connectivity index (χ3n) is 10.4. The van der Waals surface area contributed by atoms with Gasteiger partial charge in [0.2, 0.25) is 0 Å². The van der Waals surface area contributed by atoms with Crippen molar-refractivity contribution in [2.45, 2.75) is 0 Å². The molecule has 0 aliphatic carbocycles. The summed E-state index contributed by atoms with van der Waals surface area (Å²) in [5.74, 6) is 0. The van der Waals surface area contributed by atoms with E-state index >= 15 is 0 Å². The van der Waals surface area contributed by atoms with E-state index < -0.39 is 0 Å². The van der Waals surface area contributed by atoms with Gasteiger partial charge in [-0.15, -0.1) is 0 Å². The van der Waals surface area contributed by atoms with Crippen molar-refractivity contribution in [3.05, 3.63) is 176 Å². The number of furan rings is 2. The predicted molar refractivity (Wildman–Crippen MR) is 214 cm³/mol. The summed E-state index contributed by atoms with van der Waals surface area (Å²) in [4.78, 5) is 2.30. The van der Waals surface area contributed by atoms with Crippen molar-refractivity contribution >= 4 is 93.3 Å². The van der Waals surface area contributed by atoms with Crippen molar-refractivity contribution in [2.75, 3.05) is 4.90 Å². The molecule has 11 rings (SSSR count). The Labute approximate surface area is 293 Å². The highest BCUT2D eigenvalue weighted by Crippen LogP contribution is 2.44. The number of hydrogen-bond donors (Lipinski definition) is 0. The van der Waals surface area contributed by atoms with Crippen LogP contribution in [-0.4, -0.2) is 0 Å². The molecule has 0 aliphatic rings. The van der Waals surface area contributed by atoms with Crippen LogP contribution in [0.2, 0.25) is 0 Å². The Kier molecular flexibility index (Phi) is 5.96. The first-order valence-corrected chi connectivity index (χ1v) is 17.3. The number of fused-ring (bicyclic) bond motifs is 11. The molecule has 0 unspecified atom stereocenters. The number of para-hydroxylation sites is 1. The molecule has 0 aliphatic heterocycles. The molecule has 0 fully saturated rings. The number of rotatable bonds is 4. The molecule has 0 bridgehead atoms. The fraction of sp³-hybridized carbons (Fsp3) is 0. The van der Waals surface area contributed by atoms with Crippen molar-refractivity contribution in [2.24, 2.45) is 0 Å². The van der Waals surface area contributed by atoms with E-state index in [1.807, 2.05) is 0 Å². The minimum Gasteiger partial charge on any atom is -0.456 e. The van der Waals surface area contributed by atoms with Gasteiger partial charge in [0.1, 0.15) is 22.3 Å². The third kappa shape index (κ3) is 4.32. The molecule has 0 N–H and O–H groups in total. The van der Waals surface area contributed by atoms with Gasteiger partial charge in [0.15, 0.2) is 0 Å². The molecule has 0 saturated carbocycles. The molecule has 0 radical (unpaired) electrons. The van der Waals surface area contributed by atoms with Crippen LogP contribution in [0.1, 0.15) is 0 Å². The first kappa shape index (κ1) is 28.0. The minimum atomic E-state index is 0.862. The molecule has 3 heteroatoms. The van der Waals surface area contributed by atoms with Crippen LogP contribution in [0.15, 0.2) is 185 Å². The molecule has 0 saturated heterocycles. The number of hydrogen-bond acceptors (Lipinski definition) is 3. The predicted octanol–water partition coefficient (Wildman–Crippen LogP) is 14.1. The van der Waals surface area contributed by atoms with Crippen molar-refractivity contribution in [1.29, 1.82) is 0 Å². The van der Waals surface area contributed by atoms with Crippen LogP contribution in [0.5, 0.6) is 0 Å². The molecular weight excluding hydrogens is 623 g/mol. The lowest BCUT2D eigenvalue weighted by Crippen LogP contribution is -2.09. The average molecular weight is 652 g/mol. The maximum atomic E-state index is 6.62. The topological polar surface area (TPSA) is 29.5 Å². The van der Waals surface area contributed by atoms with E-state index in [0.29, 0.717) is 0 Å². The minimum absolute atomic E-state index is 0.862. The zero-order valence-corrected chi connectivity index (χ0v) is 27.5. The maximum absolute atomic E-state index is 6.62. The van der Waals surface area contributed by atoms with Crippen LogP contribution in [0.4, 0.5) is 17.1 Å². The quantitative estimate of drug-likeness (QED) is 0.177. The van der Waals surface area contributed by atoms with E-state index in [4.69, 9.17) is 8.83 Å². The summed E-state index contributed by atoms with van der Waals surface area (Å²) >= 11 is 0. The monoisotopic (exact) mass is 651 g/mol.